The summed E-state index contributed by atoms with van der Waals surface area (Å²) in [7, 11) is 0. The van der Waals surface area contributed by atoms with Gasteiger partial charge in [0.15, 0.2) is 11.4 Å². The molecule has 0 fully saturated rings. The third kappa shape index (κ3) is 3.07. The quantitative estimate of drug-likeness (QED) is 0.636. The summed E-state index contributed by atoms with van der Waals surface area (Å²) in [4.78, 5) is 34.3. The monoisotopic (exact) mass is 294 g/mol. The zero-order valence-corrected chi connectivity index (χ0v) is 11.2. The summed E-state index contributed by atoms with van der Waals surface area (Å²) >= 11 is 0. The molecule has 2 rings (SSSR count). The Labute approximate surface area is 118 Å². The number of hydrogen-bond donors (Lipinski definition) is 0. The second-order valence-electron chi connectivity index (χ2n) is 4.19. The molecule has 0 spiro atoms. The van der Waals surface area contributed by atoms with E-state index in [-0.39, 0.29) is 16.5 Å². The number of para-hydroxylation sites is 1. The van der Waals surface area contributed by atoms with Crippen molar-refractivity contribution in [2.75, 3.05) is 0 Å². The minimum Gasteiger partial charge on any atom is -0.460 e. The van der Waals surface area contributed by atoms with Crippen molar-refractivity contribution in [3.05, 3.63) is 46.1 Å². The van der Waals surface area contributed by atoms with Gasteiger partial charge < -0.3 is 13.9 Å². The zero-order valence-electron chi connectivity index (χ0n) is 11.2. The Hall–Kier alpha value is -2.70. The van der Waals surface area contributed by atoms with Crippen molar-refractivity contribution in [2.45, 2.75) is 20.1 Å². The molecule has 0 aliphatic heterocycles. The fourth-order valence-corrected chi connectivity index (χ4v) is 1.75. The molecule has 0 bridgehead atoms. The van der Waals surface area contributed by atoms with Gasteiger partial charge in [0, 0.05) is 13.8 Å². The zero-order chi connectivity index (χ0) is 15.6. The van der Waals surface area contributed by atoms with Crippen LogP contribution in [0.15, 0.2) is 33.7 Å². The van der Waals surface area contributed by atoms with Gasteiger partial charge in [-0.05, 0) is 12.1 Å². The highest BCUT2D eigenvalue weighted by atomic mass is 19.1. The Morgan fingerprint density at radius 1 is 1.19 bits per heavy atom. The highest BCUT2D eigenvalue weighted by Gasteiger charge is 2.24. The van der Waals surface area contributed by atoms with Crippen LogP contribution < -0.4 is 5.43 Å². The molecule has 0 amide bonds. The standard InChI is InChI=1S/C14H11FO6/c1-7(16)20-14(21-8(2)17)10-6-19-13-9(12(10)18)4-3-5-11(13)15/h3-6,14H,1-2H3. The number of carbonyl (C=O) groups excluding carboxylic acids is 2. The Bertz CT molecular complexity index is 748. The van der Waals surface area contributed by atoms with Gasteiger partial charge in [0.25, 0.3) is 6.29 Å². The molecular formula is C14H11FO6. The summed E-state index contributed by atoms with van der Waals surface area (Å²) < 4.78 is 28.1. The summed E-state index contributed by atoms with van der Waals surface area (Å²) in [5.41, 5.74) is -1.09. The third-order valence-corrected chi connectivity index (χ3v) is 2.58. The first-order valence-corrected chi connectivity index (χ1v) is 5.94. The van der Waals surface area contributed by atoms with Crippen molar-refractivity contribution >= 4 is 22.9 Å². The molecule has 0 aliphatic carbocycles. The number of esters is 2. The van der Waals surface area contributed by atoms with Gasteiger partial charge in [0.1, 0.15) is 11.8 Å². The normalized spacial score (nSPS) is 10.7. The number of carbonyl (C=O) groups is 2. The van der Waals surface area contributed by atoms with E-state index in [0.717, 1.165) is 26.2 Å². The first kappa shape index (κ1) is 14.7. The number of ether oxygens (including phenoxy) is 2. The van der Waals surface area contributed by atoms with Gasteiger partial charge in [0.05, 0.1) is 5.39 Å². The molecule has 2 aromatic rings. The van der Waals surface area contributed by atoms with E-state index in [1.165, 1.54) is 12.1 Å². The van der Waals surface area contributed by atoms with E-state index in [0.29, 0.717) is 0 Å². The molecule has 0 N–H and O–H groups in total. The molecule has 0 aliphatic rings. The molecule has 0 atom stereocenters. The number of rotatable bonds is 3. The molecular weight excluding hydrogens is 283 g/mol. The maximum atomic E-state index is 13.5. The van der Waals surface area contributed by atoms with Crippen LogP contribution in [0.3, 0.4) is 0 Å². The topological polar surface area (TPSA) is 82.8 Å². The van der Waals surface area contributed by atoms with Gasteiger partial charge in [-0.25, -0.2) is 4.39 Å². The molecule has 0 unspecified atom stereocenters. The Kier molecular flexibility index (Phi) is 4.02. The van der Waals surface area contributed by atoms with E-state index in [1.54, 1.807) is 0 Å². The summed E-state index contributed by atoms with van der Waals surface area (Å²) in [6.45, 7) is 2.19. The van der Waals surface area contributed by atoms with Crippen molar-refractivity contribution in [3.63, 3.8) is 0 Å². The van der Waals surface area contributed by atoms with Crippen molar-refractivity contribution in [1.29, 1.82) is 0 Å². The molecule has 1 heterocycles. The maximum absolute atomic E-state index is 13.5. The largest absolute Gasteiger partial charge is 0.460 e. The fourth-order valence-electron chi connectivity index (χ4n) is 1.75. The predicted molar refractivity (Wildman–Crippen MR) is 68.7 cm³/mol. The lowest BCUT2D eigenvalue weighted by molar-refractivity contribution is -0.186. The smallest absolute Gasteiger partial charge is 0.305 e. The average Bonchev–Trinajstić information content (AvgIpc) is 2.38. The van der Waals surface area contributed by atoms with Crippen LogP contribution in [0.25, 0.3) is 11.0 Å². The van der Waals surface area contributed by atoms with E-state index in [4.69, 9.17) is 13.9 Å². The number of fused-ring (bicyclic) bond motifs is 1. The Balaban J connectivity index is 2.58. The van der Waals surface area contributed by atoms with Crippen LogP contribution in [0.5, 0.6) is 0 Å². The van der Waals surface area contributed by atoms with E-state index >= 15 is 0 Å². The van der Waals surface area contributed by atoms with Crippen molar-refractivity contribution in [1.82, 2.24) is 0 Å². The Morgan fingerprint density at radius 2 is 1.81 bits per heavy atom. The molecule has 7 heteroatoms. The first-order chi connectivity index (χ1) is 9.90. The molecule has 1 aromatic heterocycles. The minimum atomic E-state index is -1.54. The van der Waals surface area contributed by atoms with Crippen LogP contribution in [-0.2, 0) is 19.1 Å². The van der Waals surface area contributed by atoms with Gasteiger partial charge in [-0.1, -0.05) is 6.07 Å². The van der Waals surface area contributed by atoms with Crippen molar-refractivity contribution in [3.8, 4) is 0 Å². The average molecular weight is 294 g/mol. The van der Waals surface area contributed by atoms with Crippen LogP contribution in [0.2, 0.25) is 0 Å². The van der Waals surface area contributed by atoms with Gasteiger partial charge in [-0.3, -0.25) is 14.4 Å². The van der Waals surface area contributed by atoms with Crippen LogP contribution in [0.4, 0.5) is 4.39 Å². The van der Waals surface area contributed by atoms with Crippen LogP contribution in [0, 0.1) is 5.82 Å². The third-order valence-electron chi connectivity index (χ3n) is 2.58. The van der Waals surface area contributed by atoms with Gasteiger partial charge in [-0.2, -0.15) is 0 Å². The predicted octanol–water partition coefficient (Wildman–Crippen LogP) is 2.06. The Morgan fingerprint density at radius 3 is 2.38 bits per heavy atom. The second-order valence-corrected chi connectivity index (χ2v) is 4.19. The molecule has 110 valence electrons. The lowest BCUT2D eigenvalue weighted by Crippen LogP contribution is -2.21. The molecule has 6 nitrogen and oxygen atoms in total. The molecule has 1 aromatic carbocycles. The lowest BCUT2D eigenvalue weighted by atomic mass is 10.1. The van der Waals surface area contributed by atoms with Crippen LogP contribution >= 0.6 is 0 Å². The second kappa shape index (κ2) is 5.74. The SMILES string of the molecule is CC(=O)OC(OC(C)=O)c1coc2c(F)cccc2c1=O. The summed E-state index contributed by atoms with van der Waals surface area (Å²) in [5, 5.41) is -0.0446. The molecule has 0 radical (unpaired) electrons. The van der Waals surface area contributed by atoms with Crippen LogP contribution in [-0.4, -0.2) is 11.9 Å². The van der Waals surface area contributed by atoms with Gasteiger partial charge in [0.2, 0.25) is 5.43 Å². The molecule has 21 heavy (non-hydrogen) atoms. The maximum Gasteiger partial charge on any atom is 0.305 e. The number of halogens is 1. The fraction of sp³-hybridized carbons (Fsp3) is 0.214. The highest BCUT2D eigenvalue weighted by Crippen LogP contribution is 2.21. The van der Waals surface area contributed by atoms with E-state index in [1.807, 2.05) is 0 Å². The summed E-state index contributed by atoms with van der Waals surface area (Å²) in [6, 6.07) is 3.83. The van der Waals surface area contributed by atoms with E-state index < -0.39 is 29.5 Å². The van der Waals surface area contributed by atoms with Crippen molar-refractivity contribution in [2.24, 2.45) is 0 Å². The molecule has 0 saturated carbocycles. The highest BCUT2D eigenvalue weighted by molar-refractivity contribution is 5.77. The summed E-state index contributed by atoms with van der Waals surface area (Å²) in [5.74, 6) is -2.20. The minimum absolute atomic E-state index is 0.0446. The van der Waals surface area contributed by atoms with Crippen LogP contribution in [0.1, 0.15) is 25.7 Å². The number of hydrogen-bond acceptors (Lipinski definition) is 6. The lowest BCUT2D eigenvalue weighted by Gasteiger charge is -2.16. The molecule has 0 saturated heterocycles. The van der Waals surface area contributed by atoms with Crippen molar-refractivity contribution < 1.29 is 27.9 Å². The van der Waals surface area contributed by atoms with E-state index in [9.17, 15) is 18.8 Å². The first-order valence-electron chi connectivity index (χ1n) is 5.94. The van der Waals surface area contributed by atoms with Gasteiger partial charge in [-0.15, -0.1) is 0 Å². The van der Waals surface area contributed by atoms with Gasteiger partial charge >= 0.3 is 11.9 Å². The summed E-state index contributed by atoms with van der Waals surface area (Å²) in [6.07, 6.45) is -0.631. The van der Waals surface area contributed by atoms with E-state index in [2.05, 4.69) is 0 Å². The number of benzene rings is 1.